The van der Waals surface area contributed by atoms with E-state index in [1.807, 2.05) is 0 Å². The van der Waals surface area contributed by atoms with Crippen LogP contribution in [0.5, 0.6) is 0 Å². The number of rotatable bonds is 9. The average molecular weight is 243 g/mol. The number of nitrogens with one attached hydrogen (secondary N) is 1. The number of ether oxygens (including phenoxy) is 2. The van der Waals surface area contributed by atoms with Crippen molar-refractivity contribution < 1.29 is 9.47 Å². The van der Waals surface area contributed by atoms with E-state index in [4.69, 9.17) is 9.47 Å². The van der Waals surface area contributed by atoms with Crippen LogP contribution in [0.25, 0.3) is 0 Å². The van der Waals surface area contributed by atoms with E-state index in [2.05, 4.69) is 26.1 Å². The molecule has 1 N–H and O–H groups in total. The molecule has 3 heteroatoms. The molecule has 0 aromatic carbocycles. The minimum atomic E-state index is 0.303. The Morgan fingerprint density at radius 3 is 2.71 bits per heavy atom. The monoisotopic (exact) mass is 243 g/mol. The molecule has 1 aliphatic rings. The van der Waals surface area contributed by atoms with Crippen molar-refractivity contribution in [3.63, 3.8) is 0 Å². The van der Waals surface area contributed by atoms with E-state index in [0.717, 1.165) is 32.2 Å². The Morgan fingerprint density at radius 2 is 2.12 bits per heavy atom. The lowest BCUT2D eigenvalue weighted by molar-refractivity contribution is 0.0354. The van der Waals surface area contributed by atoms with E-state index in [9.17, 15) is 0 Å². The Bertz CT molecular complexity index is 177. The fraction of sp³-hybridized carbons (Fsp3) is 1.00. The third-order valence-corrected chi connectivity index (χ3v) is 3.60. The molecule has 2 unspecified atom stereocenters. The van der Waals surface area contributed by atoms with E-state index in [1.165, 1.54) is 25.7 Å². The Hall–Kier alpha value is -0.120. The summed E-state index contributed by atoms with van der Waals surface area (Å²) in [6.07, 6.45) is 5.58. The molecular weight excluding hydrogens is 214 g/mol. The molecule has 0 bridgehead atoms. The maximum atomic E-state index is 5.85. The predicted octanol–water partition coefficient (Wildman–Crippen LogP) is 2.60. The summed E-state index contributed by atoms with van der Waals surface area (Å²) in [5.74, 6) is 0.718. The van der Waals surface area contributed by atoms with E-state index in [0.29, 0.717) is 12.2 Å². The third kappa shape index (κ3) is 6.39. The second kappa shape index (κ2) is 8.90. The highest BCUT2D eigenvalue weighted by atomic mass is 16.5. The van der Waals surface area contributed by atoms with Crippen molar-refractivity contribution in [3.05, 3.63) is 0 Å². The van der Waals surface area contributed by atoms with Crippen molar-refractivity contribution in [3.8, 4) is 0 Å². The molecule has 102 valence electrons. The van der Waals surface area contributed by atoms with Crippen LogP contribution in [0.4, 0.5) is 0 Å². The molecule has 0 amide bonds. The first-order valence-electron chi connectivity index (χ1n) is 7.20. The molecular formula is C14H29NO2. The van der Waals surface area contributed by atoms with Gasteiger partial charge < -0.3 is 14.8 Å². The van der Waals surface area contributed by atoms with Gasteiger partial charge in [-0.2, -0.15) is 0 Å². The van der Waals surface area contributed by atoms with Gasteiger partial charge in [-0.05, 0) is 25.7 Å². The van der Waals surface area contributed by atoms with Gasteiger partial charge in [-0.15, -0.1) is 0 Å². The van der Waals surface area contributed by atoms with Crippen molar-refractivity contribution in [2.45, 2.75) is 58.7 Å². The number of hydrogen-bond donors (Lipinski definition) is 1. The van der Waals surface area contributed by atoms with E-state index in [1.54, 1.807) is 0 Å². The van der Waals surface area contributed by atoms with Gasteiger partial charge in [-0.1, -0.05) is 26.7 Å². The molecule has 0 aromatic rings. The van der Waals surface area contributed by atoms with Crippen LogP contribution in [0.3, 0.4) is 0 Å². The summed E-state index contributed by atoms with van der Waals surface area (Å²) in [5, 5.41) is 3.44. The summed E-state index contributed by atoms with van der Waals surface area (Å²) in [6.45, 7) is 10.3. The SMILES string of the molecule is CCC(CC)COC(C)CNCC1CCCO1. The maximum Gasteiger partial charge on any atom is 0.0700 e. The van der Waals surface area contributed by atoms with Gasteiger partial charge in [0.15, 0.2) is 0 Å². The molecule has 17 heavy (non-hydrogen) atoms. The van der Waals surface area contributed by atoms with Crippen molar-refractivity contribution in [1.29, 1.82) is 0 Å². The molecule has 1 rings (SSSR count). The van der Waals surface area contributed by atoms with E-state index < -0.39 is 0 Å². The van der Waals surface area contributed by atoms with E-state index >= 15 is 0 Å². The van der Waals surface area contributed by atoms with Crippen LogP contribution < -0.4 is 5.32 Å². The third-order valence-electron chi connectivity index (χ3n) is 3.60. The van der Waals surface area contributed by atoms with Crippen LogP contribution in [-0.4, -0.2) is 38.5 Å². The standard InChI is InChI=1S/C14H29NO2/c1-4-13(5-2)11-17-12(3)9-15-10-14-7-6-8-16-14/h12-15H,4-11H2,1-3H3. The zero-order chi connectivity index (χ0) is 12.5. The molecule has 0 radical (unpaired) electrons. The molecule has 1 saturated heterocycles. The Morgan fingerprint density at radius 1 is 1.35 bits per heavy atom. The second-order valence-electron chi connectivity index (χ2n) is 5.12. The lowest BCUT2D eigenvalue weighted by Crippen LogP contribution is -2.33. The fourth-order valence-corrected chi connectivity index (χ4v) is 2.14. The van der Waals surface area contributed by atoms with Gasteiger partial charge in [0.1, 0.15) is 0 Å². The molecule has 0 saturated carbocycles. The van der Waals surface area contributed by atoms with Crippen molar-refractivity contribution in [2.75, 3.05) is 26.3 Å². The minimum Gasteiger partial charge on any atom is -0.377 e. The highest BCUT2D eigenvalue weighted by Gasteiger charge is 2.15. The van der Waals surface area contributed by atoms with Gasteiger partial charge in [-0.25, -0.2) is 0 Å². The topological polar surface area (TPSA) is 30.5 Å². The fourth-order valence-electron chi connectivity index (χ4n) is 2.14. The van der Waals surface area contributed by atoms with E-state index in [-0.39, 0.29) is 0 Å². The molecule has 0 aliphatic carbocycles. The lowest BCUT2D eigenvalue weighted by atomic mass is 10.1. The summed E-state index contributed by atoms with van der Waals surface area (Å²) >= 11 is 0. The molecule has 1 fully saturated rings. The van der Waals surface area contributed by atoms with Crippen molar-refractivity contribution in [2.24, 2.45) is 5.92 Å². The van der Waals surface area contributed by atoms with Crippen LogP contribution in [0.1, 0.15) is 46.5 Å². The molecule has 0 aromatic heterocycles. The van der Waals surface area contributed by atoms with Gasteiger partial charge in [0, 0.05) is 26.3 Å². The zero-order valence-electron chi connectivity index (χ0n) is 11.7. The van der Waals surface area contributed by atoms with Gasteiger partial charge in [0.25, 0.3) is 0 Å². The first kappa shape index (κ1) is 14.9. The normalized spacial score (nSPS) is 22.2. The molecule has 1 heterocycles. The highest BCUT2D eigenvalue weighted by Crippen LogP contribution is 2.11. The summed E-state index contributed by atoms with van der Waals surface area (Å²) in [5.41, 5.74) is 0. The Kier molecular flexibility index (Phi) is 7.82. The Labute approximate surface area is 106 Å². The predicted molar refractivity (Wildman–Crippen MR) is 71.3 cm³/mol. The van der Waals surface area contributed by atoms with Crippen molar-refractivity contribution in [1.82, 2.24) is 5.32 Å². The number of hydrogen-bond acceptors (Lipinski definition) is 3. The quantitative estimate of drug-likeness (QED) is 0.675. The summed E-state index contributed by atoms with van der Waals surface area (Å²) in [7, 11) is 0. The lowest BCUT2D eigenvalue weighted by Gasteiger charge is -2.19. The largest absolute Gasteiger partial charge is 0.377 e. The van der Waals surface area contributed by atoms with Gasteiger partial charge in [0.2, 0.25) is 0 Å². The highest BCUT2D eigenvalue weighted by molar-refractivity contribution is 4.68. The van der Waals surface area contributed by atoms with Crippen LogP contribution in [0, 0.1) is 5.92 Å². The smallest absolute Gasteiger partial charge is 0.0700 e. The van der Waals surface area contributed by atoms with Crippen LogP contribution in [0.2, 0.25) is 0 Å². The minimum absolute atomic E-state index is 0.303. The van der Waals surface area contributed by atoms with Crippen LogP contribution in [0.15, 0.2) is 0 Å². The zero-order valence-corrected chi connectivity index (χ0v) is 11.7. The summed E-state index contributed by atoms with van der Waals surface area (Å²) in [6, 6.07) is 0. The van der Waals surface area contributed by atoms with Crippen LogP contribution in [-0.2, 0) is 9.47 Å². The average Bonchev–Trinajstić information content (AvgIpc) is 2.83. The molecule has 0 spiro atoms. The molecule has 2 atom stereocenters. The van der Waals surface area contributed by atoms with Gasteiger partial charge >= 0.3 is 0 Å². The first-order valence-corrected chi connectivity index (χ1v) is 7.20. The second-order valence-corrected chi connectivity index (χ2v) is 5.12. The van der Waals surface area contributed by atoms with Crippen LogP contribution >= 0.6 is 0 Å². The van der Waals surface area contributed by atoms with Gasteiger partial charge in [-0.3, -0.25) is 0 Å². The summed E-state index contributed by atoms with van der Waals surface area (Å²) in [4.78, 5) is 0. The molecule has 3 nitrogen and oxygen atoms in total. The summed E-state index contributed by atoms with van der Waals surface area (Å²) < 4.78 is 11.4. The first-order chi connectivity index (χ1) is 8.26. The Balaban J connectivity index is 1.98. The van der Waals surface area contributed by atoms with Crippen molar-refractivity contribution >= 4 is 0 Å². The maximum absolute atomic E-state index is 5.85. The molecule has 1 aliphatic heterocycles. The van der Waals surface area contributed by atoms with Gasteiger partial charge in [0.05, 0.1) is 12.2 Å².